The average molecular weight is 467 g/mol. The van der Waals surface area contributed by atoms with Crippen molar-refractivity contribution in [2.75, 3.05) is 32.7 Å². The maximum atomic E-state index is 14.0. The highest BCUT2D eigenvalue weighted by molar-refractivity contribution is 7.13. The van der Waals surface area contributed by atoms with Crippen molar-refractivity contribution in [3.8, 4) is 22.0 Å². The predicted octanol–water partition coefficient (Wildman–Crippen LogP) is 4.59. The van der Waals surface area contributed by atoms with Crippen LogP contribution in [0, 0.1) is 5.82 Å². The number of rotatable bonds is 7. The number of aryl methyl sites for hydroxylation is 1. The molecular formula is C24H23FN4O3S. The first-order chi connectivity index (χ1) is 16.2. The van der Waals surface area contributed by atoms with Crippen LogP contribution >= 0.6 is 11.3 Å². The summed E-state index contributed by atoms with van der Waals surface area (Å²) in [6, 6.07) is 13.6. The molecule has 0 bridgehead atoms. The van der Waals surface area contributed by atoms with Gasteiger partial charge in [-0.15, -0.1) is 11.3 Å². The van der Waals surface area contributed by atoms with E-state index in [1.54, 1.807) is 46.6 Å². The number of amides is 1. The van der Waals surface area contributed by atoms with Crippen LogP contribution in [0.5, 0.6) is 0 Å². The highest BCUT2D eigenvalue weighted by Crippen LogP contribution is 2.26. The fraction of sp³-hybridized carbons (Fsp3) is 0.292. The van der Waals surface area contributed by atoms with Gasteiger partial charge in [-0.2, -0.15) is 4.98 Å². The fourth-order valence-electron chi connectivity index (χ4n) is 3.91. The lowest BCUT2D eigenvalue weighted by Crippen LogP contribution is -2.48. The minimum atomic E-state index is -0.372. The number of carbonyl (C=O) groups excluding carboxylic acids is 1. The van der Waals surface area contributed by atoms with Gasteiger partial charge in [0.2, 0.25) is 11.7 Å². The van der Waals surface area contributed by atoms with Crippen molar-refractivity contribution < 1.29 is 18.1 Å². The minimum Gasteiger partial charge on any atom is -0.451 e. The third-order valence-electron chi connectivity index (χ3n) is 5.69. The first-order valence-corrected chi connectivity index (χ1v) is 11.8. The van der Waals surface area contributed by atoms with Crippen LogP contribution in [0.1, 0.15) is 22.9 Å². The minimum absolute atomic E-state index is 0.163. The molecule has 1 saturated heterocycles. The molecule has 7 nitrogen and oxygen atoms in total. The van der Waals surface area contributed by atoms with Crippen molar-refractivity contribution >= 4 is 17.2 Å². The van der Waals surface area contributed by atoms with Crippen molar-refractivity contribution in [3.05, 3.63) is 71.4 Å². The van der Waals surface area contributed by atoms with Gasteiger partial charge in [0, 0.05) is 32.6 Å². The van der Waals surface area contributed by atoms with Crippen molar-refractivity contribution in [3.63, 3.8) is 0 Å². The van der Waals surface area contributed by atoms with E-state index in [1.807, 2.05) is 17.5 Å². The van der Waals surface area contributed by atoms with Crippen LogP contribution < -0.4 is 0 Å². The molecule has 33 heavy (non-hydrogen) atoms. The smallest absolute Gasteiger partial charge is 0.289 e. The molecule has 4 heterocycles. The Labute approximate surface area is 194 Å². The molecule has 0 N–H and O–H groups in total. The first-order valence-electron chi connectivity index (χ1n) is 10.9. The van der Waals surface area contributed by atoms with Gasteiger partial charge in [-0.25, -0.2) is 4.39 Å². The van der Waals surface area contributed by atoms with Gasteiger partial charge in [0.15, 0.2) is 5.76 Å². The van der Waals surface area contributed by atoms with E-state index in [0.717, 1.165) is 37.4 Å². The molecule has 0 spiro atoms. The summed E-state index contributed by atoms with van der Waals surface area (Å²) in [7, 11) is 0. The molecule has 4 aromatic rings. The van der Waals surface area contributed by atoms with Gasteiger partial charge >= 0.3 is 0 Å². The number of aromatic nitrogens is 2. The summed E-state index contributed by atoms with van der Waals surface area (Å²) >= 11 is 1.59. The second-order valence-electron chi connectivity index (χ2n) is 7.87. The van der Waals surface area contributed by atoms with Crippen molar-refractivity contribution in [2.24, 2.45) is 0 Å². The molecular weight excluding hydrogens is 443 g/mol. The van der Waals surface area contributed by atoms with Crippen LogP contribution in [0.4, 0.5) is 4.39 Å². The molecule has 1 fully saturated rings. The molecule has 1 amide bonds. The van der Waals surface area contributed by atoms with E-state index in [1.165, 1.54) is 6.07 Å². The Hall–Kier alpha value is -3.30. The van der Waals surface area contributed by atoms with Crippen LogP contribution in [0.25, 0.3) is 22.0 Å². The summed E-state index contributed by atoms with van der Waals surface area (Å²) < 4.78 is 25.0. The van der Waals surface area contributed by atoms with Crippen LogP contribution in [0.2, 0.25) is 0 Å². The Bertz CT molecular complexity index is 1210. The fourth-order valence-corrected chi connectivity index (χ4v) is 4.55. The molecule has 1 aliphatic heterocycles. The molecule has 9 heteroatoms. The summed E-state index contributed by atoms with van der Waals surface area (Å²) in [6.45, 7) is 3.72. The summed E-state index contributed by atoms with van der Waals surface area (Å²) in [4.78, 5) is 22.4. The Morgan fingerprint density at radius 2 is 1.91 bits per heavy atom. The quantitative estimate of drug-likeness (QED) is 0.397. The SMILES string of the molecule is O=C(c1ccc(-c2ccccc2F)o1)N1CCN(CCCc2nc(-c3cccs3)no2)CC1. The van der Waals surface area contributed by atoms with Gasteiger partial charge in [-0.3, -0.25) is 9.69 Å². The molecule has 170 valence electrons. The number of carbonyl (C=O) groups is 1. The van der Waals surface area contributed by atoms with E-state index in [4.69, 9.17) is 8.94 Å². The molecule has 0 saturated carbocycles. The summed E-state index contributed by atoms with van der Waals surface area (Å²) in [5.74, 6) is 1.35. The average Bonchev–Trinajstić information content (AvgIpc) is 3.61. The Balaban J connectivity index is 1.09. The second kappa shape index (κ2) is 9.68. The van der Waals surface area contributed by atoms with E-state index < -0.39 is 0 Å². The van der Waals surface area contributed by atoms with Gasteiger partial charge < -0.3 is 13.8 Å². The molecule has 1 aliphatic rings. The standard InChI is InChI=1S/C24H23FN4O3S/c25-18-6-2-1-5-17(18)19-9-10-20(31-19)24(30)29-14-12-28(13-15-29)11-3-8-22-26-23(27-32-22)21-7-4-16-33-21/h1-2,4-7,9-10,16H,3,8,11-15H2. The van der Waals surface area contributed by atoms with E-state index in [0.29, 0.717) is 36.1 Å². The topological polar surface area (TPSA) is 75.6 Å². The predicted molar refractivity (Wildman–Crippen MR) is 122 cm³/mol. The summed E-state index contributed by atoms with van der Waals surface area (Å²) in [5, 5.41) is 6.03. The lowest BCUT2D eigenvalue weighted by Gasteiger charge is -2.34. The summed E-state index contributed by atoms with van der Waals surface area (Å²) in [5.41, 5.74) is 0.352. The number of thiophene rings is 1. The third kappa shape index (κ3) is 4.89. The second-order valence-corrected chi connectivity index (χ2v) is 8.82. The molecule has 0 radical (unpaired) electrons. The first kappa shape index (κ1) is 21.5. The molecule has 0 aliphatic carbocycles. The number of hydrogen-bond donors (Lipinski definition) is 0. The Kier molecular flexibility index (Phi) is 6.32. The maximum Gasteiger partial charge on any atom is 0.289 e. The van der Waals surface area contributed by atoms with Crippen LogP contribution in [-0.2, 0) is 6.42 Å². The number of halogens is 1. The zero-order valence-corrected chi connectivity index (χ0v) is 18.8. The largest absolute Gasteiger partial charge is 0.451 e. The molecule has 5 rings (SSSR count). The van der Waals surface area contributed by atoms with Gasteiger partial charge in [0.25, 0.3) is 5.91 Å². The zero-order valence-electron chi connectivity index (χ0n) is 17.9. The van der Waals surface area contributed by atoms with Crippen molar-refractivity contribution in [1.82, 2.24) is 19.9 Å². The Morgan fingerprint density at radius 3 is 2.70 bits per heavy atom. The molecule has 1 aromatic carbocycles. The normalized spacial score (nSPS) is 14.6. The molecule has 0 unspecified atom stereocenters. The van der Waals surface area contributed by atoms with Gasteiger partial charge in [-0.1, -0.05) is 23.4 Å². The number of benzene rings is 1. The number of nitrogens with zero attached hydrogens (tertiary/aromatic N) is 4. The van der Waals surface area contributed by atoms with E-state index >= 15 is 0 Å². The van der Waals surface area contributed by atoms with Gasteiger partial charge in [0.05, 0.1) is 10.4 Å². The maximum absolute atomic E-state index is 14.0. The zero-order chi connectivity index (χ0) is 22.6. The van der Waals surface area contributed by atoms with Crippen LogP contribution in [-0.4, -0.2) is 58.6 Å². The summed E-state index contributed by atoms with van der Waals surface area (Å²) in [6.07, 6.45) is 1.63. The molecule has 0 atom stereocenters. The van der Waals surface area contributed by atoms with Crippen LogP contribution in [0.3, 0.4) is 0 Å². The Morgan fingerprint density at radius 1 is 1.06 bits per heavy atom. The highest BCUT2D eigenvalue weighted by Gasteiger charge is 2.24. The van der Waals surface area contributed by atoms with Crippen molar-refractivity contribution in [2.45, 2.75) is 12.8 Å². The number of hydrogen-bond acceptors (Lipinski definition) is 7. The monoisotopic (exact) mass is 466 g/mol. The number of piperazine rings is 1. The third-order valence-corrected chi connectivity index (χ3v) is 6.56. The van der Waals surface area contributed by atoms with E-state index in [2.05, 4.69) is 15.0 Å². The number of furan rings is 1. The van der Waals surface area contributed by atoms with Gasteiger partial charge in [-0.05, 0) is 48.7 Å². The lowest BCUT2D eigenvalue weighted by molar-refractivity contribution is 0.0605. The highest BCUT2D eigenvalue weighted by atomic mass is 32.1. The van der Waals surface area contributed by atoms with Crippen LogP contribution in [0.15, 0.2) is 62.9 Å². The van der Waals surface area contributed by atoms with E-state index in [-0.39, 0.29) is 17.5 Å². The van der Waals surface area contributed by atoms with Gasteiger partial charge in [0.1, 0.15) is 11.6 Å². The van der Waals surface area contributed by atoms with Crippen molar-refractivity contribution in [1.29, 1.82) is 0 Å². The molecule has 3 aromatic heterocycles. The van der Waals surface area contributed by atoms with E-state index in [9.17, 15) is 9.18 Å². The lowest BCUT2D eigenvalue weighted by atomic mass is 10.1.